The standard InChI is InChI=1S/C16H24N2O3/c1-13(19)17-10-5-3-4-9-16(20)18-12-14-7-6-8-15(11-14)21-2/h6-8,11H,3-5,9-10,12H2,1-2H3,(H,17,19)(H,18,20). The minimum absolute atomic E-state index is 0.00830. The summed E-state index contributed by atoms with van der Waals surface area (Å²) < 4.78 is 5.14. The molecule has 0 aliphatic carbocycles. The highest BCUT2D eigenvalue weighted by molar-refractivity contribution is 5.75. The van der Waals surface area contributed by atoms with E-state index in [4.69, 9.17) is 4.74 Å². The van der Waals surface area contributed by atoms with Crippen LogP contribution in [0, 0.1) is 0 Å². The number of hydrogen-bond donors (Lipinski definition) is 2. The van der Waals surface area contributed by atoms with E-state index < -0.39 is 0 Å². The van der Waals surface area contributed by atoms with E-state index in [1.807, 2.05) is 24.3 Å². The Hall–Kier alpha value is -2.04. The van der Waals surface area contributed by atoms with Crippen molar-refractivity contribution >= 4 is 11.8 Å². The van der Waals surface area contributed by atoms with Gasteiger partial charge in [-0.15, -0.1) is 0 Å². The molecule has 116 valence electrons. The van der Waals surface area contributed by atoms with Gasteiger partial charge in [0.15, 0.2) is 0 Å². The van der Waals surface area contributed by atoms with E-state index in [0.717, 1.165) is 30.6 Å². The van der Waals surface area contributed by atoms with E-state index in [-0.39, 0.29) is 11.8 Å². The highest BCUT2D eigenvalue weighted by atomic mass is 16.5. The van der Waals surface area contributed by atoms with Gasteiger partial charge < -0.3 is 15.4 Å². The SMILES string of the molecule is COc1cccc(CNC(=O)CCCCCNC(C)=O)c1. The lowest BCUT2D eigenvalue weighted by atomic mass is 10.1. The van der Waals surface area contributed by atoms with E-state index >= 15 is 0 Å². The van der Waals surface area contributed by atoms with Crippen molar-refractivity contribution in [3.05, 3.63) is 29.8 Å². The predicted octanol–water partition coefficient (Wildman–Crippen LogP) is 2.01. The first-order valence-electron chi connectivity index (χ1n) is 7.26. The summed E-state index contributed by atoms with van der Waals surface area (Å²) in [6.07, 6.45) is 3.20. The molecule has 1 aromatic rings. The molecule has 21 heavy (non-hydrogen) atoms. The van der Waals surface area contributed by atoms with Gasteiger partial charge in [0.2, 0.25) is 11.8 Å². The number of methoxy groups -OCH3 is 1. The molecule has 0 saturated carbocycles. The fourth-order valence-corrected chi connectivity index (χ4v) is 1.92. The maximum absolute atomic E-state index is 11.7. The van der Waals surface area contributed by atoms with E-state index in [9.17, 15) is 9.59 Å². The summed E-state index contributed by atoms with van der Waals surface area (Å²) in [7, 11) is 1.62. The number of nitrogens with one attached hydrogen (secondary N) is 2. The molecule has 0 fully saturated rings. The van der Waals surface area contributed by atoms with Crippen molar-refractivity contribution in [2.75, 3.05) is 13.7 Å². The Balaban J connectivity index is 2.12. The summed E-state index contributed by atoms with van der Waals surface area (Å²) in [5.74, 6) is 0.836. The van der Waals surface area contributed by atoms with Crippen LogP contribution in [0.2, 0.25) is 0 Å². The van der Waals surface area contributed by atoms with Gasteiger partial charge in [0.05, 0.1) is 7.11 Å². The van der Waals surface area contributed by atoms with Crippen molar-refractivity contribution in [2.24, 2.45) is 0 Å². The summed E-state index contributed by atoms with van der Waals surface area (Å²) >= 11 is 0. The number of carbonyl (C=O) groups excluding carboxylic acids is 2. The second-order valence-corrected chi connectivity index (χ2v) is 4.92. The highest BCUT2D eigenvalue weighted by Gasteiger charge is 2.02. The van der Waals surface area contributed by atoms with Gasteiger partial charge in [-0.1, -0.05) is 18.6 Å². The molecule has 0 radical (unpaired) electrons. The third-order valence-electron chi connectivity index (χ3n) is 3.08. The van der Waals surface area contributed by atoms with Gasteiger partial charge in [0, 0.05) is 26.4 Å². The Labute approximate surface area is 126 Å². The summed E-state index contributed by atoms with van der Waals surface area (Å²) in [6.45, 7) is 2.70. The van der Waals surface area contributed by atoms with E-state index in [1.54, 1.807) is 7.11 Å². The van der Waals surface area contributed by atoms with Gasteiger partial charge in [-0.25, -0.2) is 0 Å². The third-order valence-corrected chi connectivity index (χ3v) is 3.08. The zero-order valence-electron chi connectivity index (χ0n) is 12.8. The Morgan fingerprint density at radius 2 is 1.95 bits per heavy atom. The molecule has 1 aromatic carbocycles. The lowest BCUT2D eigenvalue weighted by molar-refractivity contribution is -0.121. The smallest absolute Gasteiger partial charge is 0.220 e. The average molecular weight is 292 g/mol. The Morgan fingerprint density at radius 3 is 2.67 bits per heavy atom. The van der Waals surface area contributed by atoms with Gasteiger partial charge in [0.1, 0.15) is 5.75 Å². The largest absolute Gasteiger partial charge is 0.497 e. The van der Waals surface area contributed by atoms with E-state index in [2.05, 4.69) is 10.6 Å². The van der Waals surface area contributed by atoms with Crippen LogP contribution < -0.4 is 15.4 Å². The normalized spacial score (nSPS) is 10.0. The van der Waals surface area contributed by atoms with Gasteiger partial charge in [0.25, 0.3) is 0 Å². The van der Waals surface area contributed by atoms with Crippen molar-refractivity contribution in [2.45, 2.75) is 39.2 Å². The molecule has 0 heterocycles. The van der Waals surface area contributed by atoms with Gasteiger partial charge in [-0.2, -0.15) is 0 Å². The number of rotatable bonds is 9. The molecule has 0 bridgehead atoms. The fourth-order valence-electron chi connectivity index (χ4n) is 1.92. The molecule has 2 N–H and O–H groups in total. The zero-order valence-corrected chi connectivity index (χ0v) is 12.8. The van der Waals surface area contributed by atoms with E-state index in [0.29, 0.717) is 19.5 Å². The number of amides is 2. The van der Waals surface area contributed by atoms with Crippen LogP contribution in [0.5, 0.6) is 5.75 Å². The third kappa shape index (κ3) is 7.97. The minimum Gasteiger partial charge on any atom is -0.497 e. The monoisotopic (exact) mass is 292 g/mol. The van der Waals surface area contributed by atoms with Crippen LogP contribution in [0.3, 0.4) is 0 Å². The maximum atomic E-state index is 11.7. The Kier molecular flexibility index (Phi) is 7.94. The molecule has 0 unspecified atom stereocenters. The van der Waals surface area contributed by atoms with Crippen molar-refractivity contribution in [3.63, 3.8) is 0 Å². The molecule has 0 atom stereocenters. The number of hydrogen-bond acceptors (Lipinski definition) is 3. The molecular weight excluding hydrogens is 268 g/mol. The molecule has 0 spiro atoms. The predicted molar refractivity (Wildman–Crippen MR) is 82.0 cm³/mol. The lowest BCUT2D eigenvalue weighted by Gasteiger charge is -2.07. The Bertz CT molecular complexity index is 461. The summed E-state index contributed by atoms with van der Waals surface area (Å²) in [5.41, 5.74) is 1.02. The summed E-state index contributed by atoms with van der Waals surface area (Å²) in [4.78, 5) is 22.4. The van der Waals surface area contributed by atoms with E-state index in [1.165, 1.54) is 6.92 Å². The van der Waals surface area contributed by atoms with Crippen LogP contribution in [0.15, 0.2) is 24.3 Å². The quantitative estimate of drug-likeness (QED) is 0.684. The molecule has 0 aromatic heterocycles. The van der Waals surface area contributed by atoms with Crippen LogP contribution in [-0.4, -0.2) is 25.5 Å². The summed E-state index contributed by atoms with van der Waals surface area (Å²) in [5, 5.41) is 5.63. The average Bonchev–Trinajstić information content (AvgIpc) is 2.48. The highest BCUT2D eigenvalue weighted by Crippen LogP contribution is 2.12. The molecule has 5 nitrogen and oxygen atoms in total. The summed E-state index contributed by atoms with van der Waals surface area (Å²) in [6, 6.07) is 7.65. The van der Waals surface area contributed by atoms with Crippen molar-refractivity contribution < 1.29 is 14.3 Å². The first-order valence-corrected chi connectivity index (χ1v) is 7.26. The molecule has 1 rings (SSSR count). The number of unbranched alkanes of at least 4 members (excludes halogenated alkanes) is 2. The topological polar surface area (TPSA) is 67.4 Å². The van der Waals surface area contributed by atoms with Gasteiger partial charge >= 0.3 is 0 Å². The lowest BCUT2D eigenvalue weighted by Crippen LogP contribution is -2.23. The second-order valence-electron chi connectivity index (χ2n) is 4.92. The van der Waals surface area contributed by atoms with Crippen LogP contribution in [0.4, 0.5) is 0 Å². The van der Waals surface area contributed by atoms with Gasteiger partial charge in [-0.05, 0) is 30.5 Å². The van der Waals surface area contributed by atoms with Crippen LogP contribution in [0.1, 0.15) is 38.2 Å². The van der Waals surface area contributed by atoms with Crippen molar-refractivity contribution in [3.8, 4) is 5.75 Å². The molecular formula is C16H24N2O3. The van der Waals surface area contributed by atoms with Crippen molar-refractivity contribution in [1.82, 2.24) is 10.6 Å². The second kappa shape index (κ2) is 9.80. The number of benzene rings is 1. The molecule has 0 saturated heterocycles. The van der Waals surface area contributed by atoms with Crippen LogP contribution >= 0.6 is 0 Å². The minimum atomic E-state index is -0.00830. The molecule has 2 amide bonds. The zero-order chi connectivity index (χ0) is 15.5. The first-order chi connectivity index (χ1) is 10.1. The van der Waals surface area contributed by atoms with Crippen molar-refractivity contribution in [1.29, 1.82) is 0 Å². The number of ether oxygens (including phenoxy) is 1. The fraction of sp³-hybridized carbons (Fsp3) is 0.500. The first kappa shape index (κ1) is 17.0. The van der Waals surface area contributed by atoms with Gasteiger partial charge in [-0.3, -0.25) is 9.59 Å². The molecule has 0 aliphatic heterocycles. The molecule has 0 aliphatic rings. The van der Waals surface area contributed by atoms with Crippen LogP contribution in [0.25, 0.3) is 0 Å². The molecule has 5 heteroatoms. The van der Waals surface area contributed by atoms with Crippen LogP contribution in [-0.2, 0) is 16.1 Å². The number of carbonyl (C=O) groups is 2. The Morgan fingerprint density at radius 1 is 1.14 bits per heavy atom. The maximum Gasteiger partial charge on any atom is 0.220 e.